The molecule has 1 saturated carbocycles. The number of nitrogens with zero attached hydrogens (tertiary/aromatic N) is 2. The molecule has 2 aliphatic carbocycles. The number of ether oxygens (including phenoxy) is 1. The summed E-state index contributed by atoms with van der Waals surface area (Å²) in [5.41, 5.74) is 6.20. The zero-order valence-electron chi connectivity index (χ0n) is 32.8. The molecule has 2 saturated heterocycles. The molecule has 0 radical (unpaired) electrons. The molecule has 0 spiro atoms. The van der Waals surface area contributed by atoms with Crippen LogP contribution in [0.4, 0.5) is 11.4 Å². The Morgan fingerprint density at radius 2 is 1.47 bits per heavy atom. The van der Waals surface area contributed by atoms with Gasteiger partial charge in [0.1, 0.15) is 11.5 Å². The Morgan fingerprint density at radius 1 is 0.800 bits per heavy atom. The number of aromatic hydroxyl groups is 1. The first-order chi connectivity index (χ1) is 28.8. The number of halogens is 2. The summed E-state index contributed by atoms with van der Waals surface area (Å²) in [6.45, 7) is 3.56. The molecule has 0 bridgehead atoms. The summed E-state index contributed by atoms with van der Waals surface area (Å²) < 4.78 is 5.50. The second kappa shape index (κ2) is 14.8. The van der Waals surface area contributed by atoms with Crippen molar-refractivity contribution in [1.29, 1.82) is 0 Å². The van der Waals surface area contributed by atoms with E-state index in [1.807, 2.05) is 24.3 Å². The highest BCUT2D eigenvalue weighted by molar-refractivity contribution is 6.36. The topological polar surface area (TPSA) is 133 Å². The van der Waals surface area contributed by atoms with Crippen LogP contribution in [0.2, 0.25) is 10.0 Å². The van der Waals surface area contributed by atoms with Crippen molar-refractivity contribution >= 4 is 64.0 Å². The number of phenols is 1. The summed E-state index contributed by atoms with van der Waals surface area (Å²) in [5.74, 6) is -5.33. The number of hydrogen-bond acceptors (Lipinski definition) is 8. The van der Waals surface area contributed by atoms with Gasteiger partial charge >= 0.3 is 0 Å². The Labute approximate surface area is 356 Å². The predicted octanol–water partition coefficient (Wildman–Crippen LogP) is 8.74. The molecule has 2 heterocycles. The number of methoxy groups -OCH3 is 1. The van der Waals surface area contributed by atoms with Crippen LogP contribution in [0.25, 0.3) is 0 Å². The summed E-state index contributed by atoms with van der Waals surface area (Å²) in [4.78, 5) is 74.2. The number of imide groups is 2. The van der Waals surface area contributed by atoms with Gasteiger partial charge < -0.3 is 9.84 Å². The SMILES string of the molecule is COc1ccc([C@@]23C(=O)N(Nc4ccc(Cl)cc4Cl)C(=O)[C@@H]2C[C@@H]2C(=CC[C@@H]4C(=O)N(c5ccc(C(=O)c6ccccc6)cc5)C(=O)[C@@H]42)[C@@H]3c2cc(C)c(O)c(C)c2)cc1. The van der Waals surface area contributed by atoms with Crippen LogP contribution in [-0.2, 0) is 24.6 Å². The fourth-order valence-electron chi connectivity index (χ4n) is 10.1. The minimum atomic E-state index is -1.55. The average molecular weight is 841 g/mol. The minimum absolute atomic E-state index is 0.0834. The lowest BCUT2D eigenvalue weighted by molar-refractivity contribution is -0.138. The molecule has 6 atom stereocenters. The minimum Gasteiger partial charge on any atom is -0.507 e. The van der Waals surface area contributed by atoms with Crippen molar-refractivity contribution in [3.05, 3.63) is 164 Å². The Kier molecular flexibility index (Phi) is 9.68. The number of fused-ring (bicyclic) bond motifs is 4. The van der Waals surface area contributed by atoms with E-state index in [9.17, 15) is 19.5 Å². The second-order valence-corrected chi connectivity index (χ2v) is 16.8. The monoisotopic (exact) mass is 839 g/mol. The molecule has 9 rings (SSSR count). The van der Waals surface area contributed by atoms with Crippen LogP contribution in [0, 0.1) is 37.5 Å². The summed E-state index contributed by atoms with van der Waals surface area (Å²) in [6, 6.07) is 30.8. The van der Waals surface area contributed by atoms with Gasteiger partial charge in [-0.1, -0.05) is 89.4 Å². The molecule has 0 unspecified atom stereocenters. The average Bonchev–Trinajstić information content (AvgIpc) is 3.64. The van der Waals surface area contributed by atoms with Crippen molar-refractivity contribution in [2.24, 2.45) is 23.7 Å². The lowest BCUT2D eigenvalue weighted by Crippen LogP contribution is -2.53. The number of hydrazine groups is 1. The van der Waals surface area contributed by atoms with Crippen molar-refractivity contribution in [3.8, 4) is 11.5 Å². The van der Waals surface area contributed by atoms with Crippen LogP contribution in [0.15, 0.2) is 121 Å². The highest BCUT2D eigenvalue weighted by Crippen LogP contribution is 2.64. The molecular formula is C48H39Cl2N3O7. The van der Waals surface area contributed by atoms with Crippen LogP contribution in [0.3, 0.4) is 0 Å². The maximum atomic E-state index is 15.6. The molecule has 4 amide bonds. The van der Waals surface area contributed by atoms with E-state index in [4.69, 9.17) is 27.9 Å². The normalized spacial score (nSPS) is 24.5. The van der Waals surface area contributed by atoms with Gasteiger partial charge in [0, 0.05) is 22.1 Å². The zero-order chi connectivity index (χ0) is 42.2. The zero-order valence-corrected chi connectivity index (χ0v) is 34.3. The van der Waals surface area contributed by atoms with Crippen molar-refractivity contribution < 1.29 is 33.8 Å². The Bertz CT molecular complexity index is 2640. The van der Waals surface area contributed by atoms with E-state index < -0.39 is 52.7 Å². The molecular weight excluding hydrogens is 801 g/mol. The first kappa shape index (κ1) is 39.2. The second-order valence-electron chi connectivity index (χ2n) is 16.0. The van der Waals surface area contributed by atoms with Gasteiger partial charge in [0.25, 0.3) is 11.8 Å². The number of benzene rings is 5. The van der Waals surface area contributed by atoms with Crippen molar-refractivity contribution in [3.63, 3.8) is 0 Å². The van der Waals surface area contributed by atoms with Crippen LogP contribution in [0.5, 0.6) is 11.5 Å². The van der Waals surface area contributed by atoms with E-state index in [2.05, 4.69) is 5.43 Å². The third-order valence-electron chi connectivity index (χ3n) is 12.9. The lowest BCUT2D eigenvalue weighted by atomic mass is 9.49. The summed E-state index contributed by atoms with van der Waals surface area (Å²) in [7, 11) is 1.54. The van der Waals surface area contributed by atoms with E-state index >= 15 is 9.59 Å². The lowest BCUT2D eigenvalue weighted by Gasteiger charge is -2.50. The number of amides is 4. The number of carbonyl (C=O) groups excluding carboxylic acids is 5. The van der Waals surface area contributed by atoms with Gasteiger partial charge in [-0.05, 0) is 109 Å². The van der Waals surface area contributed by atoms with Crippen molar-refractivity contribution in [2.75, 3.05) is 17.4 Å². The van der Waals surface area contributed by atoms with Crippen molar-refractivity contribution in [1.82, 2.24) is 5.01 Å². The highest BCUT2D eigenvalue weighted by Gasteiger charge is 2.70. The molecule has 3 fully saturated rings. The molecule has 2 aliphatic heterocycles. The molecule has 5 aromatic rings. The Hall–Kier alpha value is -6.23. The quantitative estimate of drug-likeness (QED) is 0.0901. The van der Waals surface area contributed by atoms with Crippen LogP contribution in [-0.4, -0.2) is 46.6 Å². The molecule has 60 heavy (non-hydrogen) atoms. The third kappa shape index (κ3) is 5.95. The smallest absolute Gasteiger partial charge is 0.260 e. The number of carbonyl (C=O) groups is 5. The molecule has 0 aromatic heterocycles. The fourth-order valence-corrected chi connectivity index (χ4v) is 10.6. The van der Waals surface area contributed by atoms with Crippen LogP contribution >= 0.6 is 23.2 Å². The predicted molar refractivity (Wildman–Crippen MR) is 227 cm³/mol. The number of phenolic OH excluding ortho intramolecular Hbond substituents is 1. The Balaban J connectivity index is 1.18. The van der Waals surface area contributed by atoms with E-state index in [-0.39, 0.29) is 35.3 Å². The molecule has 2 N–H and O–H groups in total. The summed E-state index contributed by atoms with van der Waals surface area (Å²) >= 11 is 12.8. The standard InChI is InChI=1S/C48H39Cl2N3O7/c1-25-21-29(22-26(2)42(25)54)41-34-18-19-35-40(46(58)52(44(35)56)32-14-9-28(10-15-32)43(55)27-7-5-4-6-8-27)36(34)24-37-45(57)53(51-39-20-13-31(49)23-38(39)50)47(59)48(37,41)30-11-16-33(60-3)17-12-30/h4-18,20-23,35-37,40-41,51,54H,19,24H2,1-3H3/t35-,36+,37-,40-,41-,48+/m0/s1. The molecule has 5 aromatic carbocycles. The van der Waals surface area contributed by atoms with Gasteiger partial charge in [0.05, 0.1) is 46.7 Å². The number of anilines is 2. The van der Waals surface area contributed by atoms with Gasteiger partial charge in [0.15, 0.2) is 5.78 Å². The number of aryl methyl sites for hydroxylation is 2. The number of ketones is 1. The summed E-state index contributed by atoms with van der Waals surface area (Å²) in [5, 5.41) is 12.6. The maximum absolute atomic E-state index is 15.6. The first-order valence-corrected chi connectivity index (χ1v) is 20.4. The van der Waals surface area contributed by atoms with Crippen LogP contribution < -0.4 is 15.1 Å². The number of nitrogens with one attached hydrogen (secondary N) is 1. The maximum Gasteiger partial charge on any atom is 0.260 e. The van der Waals surface area contributed by atoms with E-state index in [0.717, 1.165) is 10.6 Å². The summed E-state index contributed by atoms with van der Waals surface area (Å²) in [6.07, 6.45) is 2.29. The van der Waals surface area contributed by atoms with Gasteiger partial charge in [-0.3, -0.25) is 34.3 Å². The first-order valence-electron chi connectivity index (χ1n) is 19.7. The molecule has 302 valence electrons. The fraction of sp³-hybridized carbons (Fsp3) is 0.229. The van der Waals surface area contributed by atoms with Gasteiger partial charge in [0.2, 0.25) is 11.8 Å². The Morgan fingerprint density at radius 3 is 2.12 bits per heavy atom. The molecule has 12 heteroatoms. The molecule has 10 nitrogen and oxygen atoms in total. The number of rotatable bonds is 8. The molecule has 4 aliphatic rings. The number of allylic oxidation sites excluding steroid dienone is 2. The van der Waals surface area contributed by atoms with E-state index in [1.54, 1.807) is 106 Å². The van der Waals surface area contributed by atoms with E-state index in [1.165, 1.54) is 11.0 Å². The van der Waals surface area contributed by atoms with Gasteiger partial charge in [-0.2, -0.15) is 5.01 Å². The van der Waals surface area contributed by atoms with Gasteiger partial charge in [-0.25, -0.2) is 0 Å². The van der Waals surface area contributed by atoms with Gasteiger partial charge in [-0.15, -0.1) is 0 Å². The van der Waals surface area contributed by atoms with Crippen molar-refractivity contribution in [2.45, 2.75) is 38.0 Å². The van der Waals surface area contributed by atoms with Crippen LogP contribution in [0.1, 0.15) is 56.9 Å². The van der Waals surface area contributed by atoms with E-state index in [0.29, 0.717) is 55.5 Å². The highest BCUT2D eigenvalue weighted by atomic mass is 35.5. The number of hydrogen-bond donors (Lipinski definition) is 2. The third-order valence-corrected chi connectivity index (χ3v) is 13.4. The largest absolute Gasteiger partial charge is 0.507 e.